The third-order valence-corrected chi connectivity index (χ3v) is 11.7. The number of aryl methyl sites for hydroxylation is 2. The van der Waals surface area contributed by atoms with Crippen LogP contribution < -0.4 is 31.4 Å². The van der Waals surface area contributed by atoms with E-state index in [1.807, 2.05) is 24.5 Å². The second-order valence-corrected chi connectivity index (χ2v) is 17.0. The summed E-state index contributed by atoms with van der Waals surface area (Å²) in [6.45, 7) is 4.12. The number of rotatable bonds is 6. The van der Waals surface area contributed by atoms with Crippen molar-refractivity contribution in [3.63, 3.8) is 0 Å². The normalized spacial score (nSPS) is 13.4. The average Bonchev–Trinajstić information content (AvgIpc) is 3.28. The molecule has 0 aliphatic rings. The monoisotopic (exact) mass is 1110 g/mol. The van der Waals surface area contributed by atoms with Crippen LogP contribution in [0, 0.1) is 13.8 Å². The fourth-order valence-electron chi connectivity index (χ4n) is 8.16. The predicted octanol–water partition coefficient (Wildman–Crippen LogP) is 14.8. The SMILES string of the molecule is Cc1ccc(C)c(O[n+]2ccc3ccccc3c2)c1.FC(F)(F)c1cc([B-](c2cc(C(F)(F)F)cc(C(F)(F)F)c2)(c2cc(C(F)(F)F)cc(C(F)(F)F)c2)c2cc(C(F)(F)F)cc(C(F)(F)F)c2)cc(C(F)(F)F)c1. The molecule has 0 aliphatic heterocycles. The van der Waals surface area contributed by atoms with E-state index in [1.165, 1.54) is 10.9 Å². The number of alkyl halides is 24. The Balaban J connectivity index is 0.000000408. The van der Waals surface area contributed by atoms with Gasteiger partial charge in [-0.05, 0) is 66.8 Å². The van der Waals surface area contributed by atoms with Crippen LogP contribution in [0.2, 0.25) is 0 Å². The second kappa shape index (κ2) is 19.8. The molecular weight excluding hydrogens is 1090 g/mol. The topological polar surface area (TPSA) is 13.1 Å². The smallest absolute Gasteiger partial charge is 0.231 e. The molecule has 7 rings (SSSR count). The summed E-state index contributed by atoms with van der Waals surface area (Å²) in [5.74, 6) is 0.889. The lowest BCUT2D eigenvalue weighted by atomic mass is 9.12. The Labute approximate surface area is 411 Å². The zero-order valence-corrected chi connectivity index (χ0v) is 37.7. The van der Waals surface area contributed by atoms with Gasteiger partial charge in [-0.25, -0.2) is 4.84 Å². The predicted molar refractivity (Wildman–Crippen MR) is 226 cm³/mol. The van der Waals surface area contributed by atoms with Crippen LogP contribution in [0.5, 0.6) is 5.75 Å². The van der Waals surface area contributed by atoms with Crippen LogP contribution in [0.4, 0.5) is 105 Å². The Hall–Kier alpha value is -7.09. The van der Waals surface area contributed by atoms with E-state index < -0.39 is 195 Å². The van der Waals surface area contributed by atoms with Gasteiger partial charge in [-0.3, -0.25) is 0 Å². The first kappa shape index (κ1) is 58.2. The fraction of sp³-hybridized carbons (Fsp3) is 0.204. The lowest BCUT2D eigenvalue weighted by molar-refractivity contribution is -0.874. The molecular formula is C49H28BF24NO. The lowest BCUT2D eigenvalue weighted by Crippen LogP contribution is -2.75. The molecule has 76 heavy (non-hydrogen) atoms. The van der Waals surface area contributed by atoms with Crippen molar-refractivity contribution in [1.29, 1.82) is 0 Å². The Bertz CT molecular complexity index is 2830. The number of hydrogen-bond acceptors (Lipinski definition) is 1. The molecule has 0 fully saturated rings. The summed E-state index contributed by atoms with van der Waals surface area (Å²) in [4.78, 5) is 5.91. The molecule has 0 saturated heterocycles. The molecule has 1 heterocycles. The Morgan fingerprint density at radius 2 is 0.605 bits per heavy atom. The zero-order valence-electron chi connectivity index (χ0n) is 37.7. The summed E-state index contributed by atoms with van der Waals surface area (Å²) in [6, 6.07) is 7.71. The quantitative estimate of drug-likeness (QED) is 0.0919. The standard InChI is InChI=1S/C32H12BF24.C17H16NO/c34-25(35,36)13-1-14(26(37,38)39)6-21(5-13)33(22-7-15(27(40,41)42)2-16(8-22)28(43,44)45,23-9-17(29(46,47)48)3-18(10-23)30(49,50)51)24-11-19(31(52,53)54)4-20(12-24)32(55,56)57;1-13-7-8-14(2)17(11-13)19-18-10-9-15-5-3-4-6-16(15)12-18/h1-12H;3-12H,1-2H3/q-1;+1. The highest BCUT2D eigenvalue weighted by atomic mass is 19.4. The average molecular weight is 1110 g/mol. The van der Waals surface area contributed by atoms with Gasteiger partial charge < -0.3 is 0 Å². The van der Waals surface area contributed by atoms with Crippen molar-refractivity contribution in [3.05, 3.63) is 189 Å². The van der Waals surface area contributed by atoms with Gasteiger partial charge in [0.2, 0.25) is 18.1 Å². The Kier molecular flexibility index (Phi) is 15.2. The molecule has 0 saturated carbocycles. The molecule has 0 atom stereocenters. The second-order valence-electron chi connectivity index (χ2n) is 17.0. The van der Waals surface area contributed by atoms with Gasteiger partial charge in [0.15, 0.2) is 0 Å². The fourth-order valence-corrected chi connectivity index (χ4v) is 8.16. The molecule has 6 aromatic carbocycles. The third-order valence-electron chi connectivity index (χ3n) is 11.7. The van der Waals surface area contributed by atoms with Crippen molar-refractivity contribution >= 4 is 38.8 Å². The van der Waals surface area contributed by atoms with Crippen molar-refractivity contribution in [3.8, 4) is 5.75 Å². The largest absolute Gasteiger partial charge is 0.416 e. The van der Waals surface area contributed by atoms with Crippen LogP contribution in [0.3, 0.4) is 0 Å². The van der Waals surface area contributed by atoms with Crippen LogP contribution in [0.25, 0.3) is 10.8 Å². The highest BCUT2D eigenvalue weighted by Gasteiger charge is 2.47. The van der Waals surface area contributed by atoms with Gasteiger partial charge >= 0.3 is 49.4 Å². The number of fused-ring (bicyclic) bond motifs is 1. The molecule has 0 N–H and O–H groups in total. The number of halogens is 24. The maximum Gasteiger partial charge on any atom is 0.416 e. The summed E-state index contributed by atoms with van der Waals surface area (Å²) < 4.78 is 343. The van der Waals surface area contributed by atoms with E-state index >= 15 is 0 Å². The van der Waals surface area contributed by atoms with Gasteiger partial charge in [-0.1, -0.05) is 78.9 Å². The van der Waals surface area contributed by atoms with E-state index in [9.17, 15) is 105 Å². The number of hydrogen-bond donors (Lipinski definition) is 0. The number of aromatic nitrogens is 1. The molecule has 0 spiro atoms. The number of nitrogens with zero attached hydrogens (tertiary/aromatic N) is 1. The summed E-state index contributed by atoms with van der Waals surface area (Å²) in [6.07, 6.45) is -50.9. The lowest BCUT2D eigenvalue weighted by Gasteiger charge is -2.46. The van der Waals surface area contributed by atoms with E-state index in [-0.39, 0.29) is 0 Å². The first-order valence-corrected chi connectivity index (χ1v) is 21.0. The van der Waals surface area contributed by atoms with E-state index in [1.54, 1.807) is 4.73 Å². The van der Waals surface area contributed by atoms with Crippen molar-refractivity contribution < 1.29 is 115 Å². The van der Waals surface area contributed by atoms with E-state index in [4.69, 9.17) is 4.84 Å². The van der Waals surface area contributed by atoms with Gasteiger partial charge in [0.25, 0.3) is 0 Å². The first-order chi connectivity index (χ1) is 34.5. The highest BCUT2D eigenvalue weighted by Crippen LogP contribution is 2.41. The van der Waals surface area contributed by atoms with Crippen LogP contribution in [-0.2, 0) is 49.4 Å². The summed E-state index contributed by atoms with van der Waals surface area (Å²) in [7, 11) is 0. The summed E-state index contributed by atoms with van der Waals surface area (Å²) >= 11 is 0. The summed E-state index contributed by atoms with van der Waals surface area (Å²) in [5.41, 5.74) is -27.9. The van der Waals surface area contributed by atoms with Gasteiger partial charge in [0.05, 0.1) is 49.9 Å². The van der Waals surface area contributed by atoms with Crippen molar-refractivity contribution in [2.75, 3.05) is 0 Å². The van der Waals surface area contributed by atoms with Crippen molar-refractivity contribution in [1.82, 2.24) is 0 Å². The van der Waals surface area contributed by atoms with Crippen LogP contribution in [0.15, 0.2) is 134 Å². The minimum absolute atomic E-state index is 0.691. The molecule has 406 valence electrons. The molecule has 0 radical (unpaired) electrons. The summed E-state index contributed by atoms with van der Waals surface area (Å²) in [5, 5.41) is 2.37. The molecule has 1 aromatic heterocycles. The molecule has 27 heteroatoms. The molecule has 0 aliphatic carbocycles. The Morgan fingerprint density at radius 1 is 0.329 bits per heavy atom. The van der Waals surface area contributed by atoms with Crippen LogP contribution >= 0.6 is 0 Å². The maximum atomic E-state index is 14.2. The minimum Gasteiger partial charge on any atom is -0.231 e. The first-order valence-electron chi connectivity index (χ1n) is 21.0. The molecule has 0 bridgehead atoms. The van der Waals surface area contributed by atoms with E-state index in [0.717, 1.165) is 16.7 Å². The van der Waals surface area contributed by atoms with Crippen LogP contribution in [0.1, 0.15) is 55.6 Å². The maximum absolute atomic E-state index is 14.2. The van der Waals surface area contributed by atoms with Gasteiger partial charge in [-0.15, -0.1) is 0 Å². The van der Waals surface area contributed by atoms with Gasteiger partial charge in [-0.2, -0.15) is 127 Å². The van der Waals surface area contributed by atoms with Crippen molar-refractivity contribution in [2.45, 2.75) is 63.3 Å². The zero-order chi connectivity index (χ0) is 57.2. The van der Waals surface area contributed by atoms with Gasteiger partial charge in [0.1, 0.15) is 6.15 Å². The number of benzene rings is 6. The molecule has 0 amide bonds. The molecule has 0 unspecified atom stereocenters. The van der Waals surface area contributed by atoms with Gasteiger partial charge in [0, 0.05) is 10.8 Å². The van der Waals surface area contributed by atoms with E-state index in [2.05, 4.69) is 50.2 Å². The van der Waals surface area contributed by atoms with E-state index in [0.29, 0.717) is 0 Å². The third kappa shape index (κ3) is 12.9. The highest BCUT2D eigenvalue weighted by molar-refractivity contribution is 7.20. The number of pyridine rings is 1. The van der Waals surface area contributed by atoms with Crippen LogP contribution in [-0.4, -0.2) is 6.15 Å². The molecule has 7 aromatic rings. The minimum atomic E-state index is -6.13. The van der Waals surface area contributed by atoms with Crippen molar-refractivity contribution in [2.24, 2.45) is 0 Å². The Morgan fingerprint density at radius 3 is 0.882 bits per heavy atom. The molecule has 2 nitrogen and oxygen atoms in total.